The monoisotopic (exact) mass is 555 g/mol. The summed E-state index contributed by atoms with van der Waals surface area (Å²) in [6, 6.07) is 39.3. The highest BCUT2D eigenvalue weighted by molar-refractivity contribution is 5.81. The number of piperidine rings is 3. The van der Waals surface area contributed by atoms with E-state index in [2.05, 4.69) is 129 Å². The average molecular weight is 556 g/mol. The third kappa shape index (κ3) is 4.60. The lowest BCUT2D eigenvalue weighted by Crippen LogP contribution is -2.58. The molecule has 5 atom stereocenters. The second-order valence-corrected chi connectivity index (χ2v) is 12.4. The predicted octanol–water partition coefficient (Wildman–Crippen LogP) is 7.30. The van der Waals surface area contributed by atoms with E-state index in [1.165, 1.54) is 71.7 Å². The number of hydrogen-bond acceptors (Lipinski definition) is 5. The minimum Gasteiger partial charge on any atom is -0.325 e. The van der Waals surface area contributed by atoms with Crippen molar-refractivity contribution in [3.05, 3.63) is 114 Å². The van der Waals surface area contributed by atoms with Crippen molar-refractivity contribution in [2.24, 2.45) is 0 Å². The van der Waals surface area contributed by atoms with Crippen LogP contribution in [0, 0.1) is 0 Å². The lowest BCUT2D eigenvalue weighted by molar-refractivity contribution is 0.223. The van der Waals surface area contributed by atoms with Crippen LogP contribution in [-0.2, 0) is 0 Å². The molecule has 4 aromatic carbocycles. The van der Waals surface area contributed by atoms with E-state index >= 15 is 0 Å². The molecule has 0 spiro atoms. The molecule has 0 saturated carbocycles. The number of rotatable bonds is 5. The van der Waals surface area contributed by atoms with Gasteiger partial charge in [-0.05, 0) is 117 Å². The van der Waals surface area contributed by atoms with Crippen molar-refractivity contribution in [2.75, 3.05) is 29.4 Å². The largest absolute Gasteiger partial charge is 0.325 e. The van der Waals surface area contributed by atoms with Gasteiger partial charge in [-0.1, -0.05) is 48.5 Å². The van der Waals surface area contributed by atoms with Crippen LogP contribution in [0.5, 0.6) is 0 Å². The first-order valence-corrected chi connectivity index (χ1v) is 16.0. The maximum atomic E-state index is 3.90. The molecule has 0 amide bonds. The van der Waals surface area contributed by atoms with Crippen LogP contribution in [0.15, 0.2) is 103 Å². The van der Waals surface area contributed by atoms with E-state index in [1.54, 1.807) is 0 Å². The lowest BCUT2D eigenvalue weighted by atomic mass is 9.79. The van der Waals surface area contributed by atoms with Gasteiger partial charge in [0, 0.05) is 52.4 Å². The van der Waals surface area contributed by atoms with Crippen molar-refractivity contribution in [1.29, 1.82) is 0 Å². The summed E-state index contributed by atoms with van der Waals surface area (Å²) in [6.07, 6.45) is 6.49. The molecule has 5 heteroatoms. The van der Waals surface area contributed by atoms with Gasteiger partial charge < -0.3 is 20.4 Å². The number of benzene rings is 4. The van der Waals surface area contributed by atoms with Gasteiger partial charge in [0.05, 0.1) is 6.17 Å². The fraction of sp³-hybridized carbons (Fsp3) is 0.351. The first kappa shape index (κ1) is 26.0. The third-order valence-corrected chi connectivity index (χ3v) is 10.1. The quantitative estimate of drug-likeness (QED) is 0.241. The van der Waals surface area contributed by atoms with Crippen LogP contribution < -0.4 is 25.8 Å². The second-order valence-electron chi connectivity index (χ2n) is 12.4. The highest BCUT2D eigenvalue weighted by Crippen LogP contribution is 2.50. The highest BCUT2D eigenvalue weighted by Gasteiger charge is 2.41. The molecule has 8 rings (SSSR count). The van der Waals surface area contributed by atoms with Crippen molar-refractivity contribution in [3.63, 3.8) is 0 Å². The number of anilines is 5. The van der Waals surface area contributed by atoms with E-state index in [4.69, 9.17) is 0 Å². The third-order valence-electron chi connectivity index (χ3n) is 10.1. The molecule has 3 saturated heterocycles. The van der Waals surface area contributed by atoms with E-state index in [0.717, 1.165) is 19.6 Å². The summed E-state index contributed by atoms with van der Waals surface area (Å²) < 4.78 is 0. The molecule has 0 bridgehead atoms. The molecule has 4 aliphatic rings. The molecule has 3 fully saturated rings. The maximum Gasteiger partial charge on any atom is 0.0915 e. The number of para-hydroxylation sites is 2. The van der Waals surface area contributed by atoms with Crippen molar-refractivity contribution >= 4 is 28.4 Å². The molecule has 42 heavy (non-hydrogen) atoms. The first-order chi connectivity index (χ1) is 20.8. The van der Waals surface area contributed by atoms with Crippen molar-refractivity contribution in [1.82, 2.24) is 16.0 Å². The SMILES string of the molecule is c1ccc(N(c2ccccc2)c2ccc3c(c2)C2CCCNC2N3c2ccc(C3CCNC4CCCNC43)cc2)cc1. The van der Waals surface area contributed by atoms with Gasteiger partial charge in [0.1, 0.15) is 0 Å². The fourth-order valence-electron chi connectivity index (χ4n) is 8.14. The van der Waals surface area contributed by atoms with Crippen LogP contribution in [0.2, 0.25) is 0 Å². The van der Waals surface area contributed by atoms with E-state index in [1.807, 2.05) is 0 Å². The molecule has 0 aromatic heterocycles. The zero-order chi connectivity index (χ0) is 27.9. The molecular formula is C37H41N5. The summed E-state index contributed by atoms with van der Waals surface area (Å²) in [7, 11) is 0. The van der Waals surface area contributed by atoms with Gasteiger partial charge in [-0.2, -0.15) is 0 Å². The zero-order valence-electron chi connectivity index (χ0n) is 24.3. The average Bonchev–Trinajstić information content (AvgIpc) is 3.39. The Labute approximate surface area is 249 Å². The number of hydrogen-bond donors (Lipinski definition) is 3. The standard InChI is InChI=1S/C37H41N5/c1-3-9-27(10-4-1)41(28-11-5-2-6-12-28)30-19-20-35-33(25-30)32-13-7-23-40-37(32)42(35)29-17-15-26(16-18-29)31-21-24-38-34-14-8-22-39-36(31)34/h1-6,9-12,15-20,25,31-32,34,36-40H,7-8,13-14,21-24H2. The van der Waals surface area contributed by atoms with Gasteiger partial charge >= 0.3 is 0 Å². The summed E-state index contributed by atoms with van der Waals surface area (Å²) in [5, 5.41) is 11.5. The summed E-state index contributed by atoms with van der Waals surface area (Å²) in [5.74, 6) is 1.06. The summed E-state index contributed by atoms with van der Waals surface area (Å²) >= 11 is 0. The van der Waals surface area contributed by atoms with Crippen LogP contribution in [0.1, 0.15) is 55.1 Å². The minimum atomic E-state index is 0.292. The molecule has 0 radical (unpaired) electrons. The summed E-state index contributed by atoms with van der Waals surface area (Å²) in [6.45, 7) is 3.33. The van der Waals surface area contributed by atoms with Gasteiger partial charge in [0.2, 0.25) is 0 Å². The Balaban J connectivity index is 1.14. The highest BCUT2D eigenvalue weighted by atomic mass is 15.3. The van der Waals surface area contributed by atoms with Crippen molar-refractivity contribution in [3.8, 4) is 0 Å². The molecule has 214 valence electrons. The van der Waals surface area contributed by atoms with Crippen molar-refractivity contribution in [2.45, 2.75) is 62.2 Å². The number of nitrogens with zero attached hydrogens (tertiary/aromatic N) is 2. The predicted molar refractivity (Wildman–Crippen MR) is 174 cm³/mol. The van der Waals surface area contributed by atoms with Gasteiger partial charge in [0.25, 0.3) is 0 Å². The Bertz CT molecular complexity index is 1460. The maximum absolute atomic E-state index is 3.90. The minimum absolute atomic E-state index is 0.292. The zero-order valence-corrected chi connectivity index (χ0v) is 24.3. The summed E-state index contributed by atoms with van der Waals surface area (Å²) in [4.78, 5) is 4.96. The fourth-order valence-corrected chi connectivity index (χ4v) is 8.14. The molecule has 4 aromatic rings. The van der Waals surface area contributed by atoms with Gasteiger partial charge in [-0.25, -0.2) is 0 Å². The Morgan fingerprint density at radius 3 is 2.07 bits per heavy atom. The van der Waals surface area contributed by atoms with E-state index in [0.29, 0.717) is 30.1 Å². The molecule has 5 nitrogen and oxygen atoms in total. The number of nitrogens with one attached hydrogen (secondary N) is 3. The summed E-state index contributed by atoms with van der Waals surface area (Å²) in [5.41, 5.74) is 9.15. The van der Waals surface area contributed by atoms with Crippen LogP contribution in [0.3, 0.4) is 0 Å². The second kappa shape index (κ2) is 11.2. The van der Waals surface area contributed by atoms with E-state index in [-0.39, 0.29) is 0 Å². The number of fused-ring (bicyclic) bond motifs is 4. The van der Waals surface area contributed by atoms with Crippen LogP contribution >= 0.6 is 0 Å². The molecule has 4 heterocycles. The Kier molecular flexibility index (Phi) is 6.95. The van der Waals surface area contributed by atoms with Gasteiger partial charge in [0.15, 0.2) is 0 Å². The normalized spacial score (nSPS) is 26.7. The van der Waals surface area contributed by atoms with Gasteiger partial charge in [-0.3, -0.25) is 5.32 Å². The molecule has 0 aliphatic carbocycles. The van der Waals surface area contributed by atoms with Crippen LogP contribution in [0.25, 0.3) is 0 Å². The first-order valence-electron chi connectivity index (χ1n) is 16.0. The topological polar surface area (TPSA) is 42.6 Å². The van der Waals surface area contributed by atoms with E-state index in [9.17, 15) is 0 Å². The van der Waals surface area contributed by atoms with Crippen molar-refractivity contribution < 1.29 is 0 Å². The Morgan fingerprint density at radius 2 is 1.31 bits per heavy atom. The molecule has 4 aliphatic heterocycles. The Hall–Kier alpha value is -3.64. The van der Waals surface area contributed by atoms with Crippen LogP contribution in [-0.4, -0.2) is 37.9 Å². The van der Waals surface area contributed by atoms with E-state index < -0.39 is 0 Å². The van der Waals surface area contributed by atoms with Gasteiger partial charge in [-0.15, -0.1) is 0 Å². The Morgan fingerprint density at radius 1 is 0.595 bits per heavy atom. The molecular weight excluding hydrogens is 514 g/mol. The lowest BCUT2D eigenvalue weighted by Gasteiger charge is -2.43. The van der Waals surface area contributed by atoms with Crippen LogP contribution in [0.4, 0.5) is 28.4 Å². The molecule has 5 unspecified atom stereocenters. The smallest absolute Gasteiger partial charge is 0.0915 e. The molecule has 3 N–H and O–H groups in total.